The highest BCUT2D eigenvalue weighted by atomic mass is 16.5. The van der Waals surface area contributed by atoms with Crippen molar-refractivity contribution in [1.82, 2.24) is 10.1 Å². The zero-order valence-corrected chi connectivity index (χ0v) is 12.8. The van der Waals surface area contributed by atoms with Crippen LogP contribution in [0, 0.1) is 0 Å². The van der Waals surface area contributed by atoms with E-state index in [0.29, 0.717) is 24.9 Å². The molecule has 24 heavy (non-hydrogen) atoms. The SMILES string of the molecule is c1ccc(-c2nc(N(Cc3ccco3)Cc3ccco3)no2)cc1. The van der Waals surface area contributed by atoms with Crippen molar-refractivity contribution in [2.24, 2.45) is 0 Å². The smallest absolute Gasteiger partial charge is 0.267 e. The van der Waals surface area contributed by atoms with Crippen molar-refractivity contribution in [3.05, 3.63) is 78.6 Å². The lowest BCUT2D eigenvalue weighted by Gasteiger charge is -2.17. The van der Waals surface area contributed by atoms with Crippen LogP contribution in [-0.4, -0.2) is 10.1 Å². The summed E-state index contributed by atoms with van der Waals surface area (Å²) < 4.78 is 16.3. The monoisotopic (exact) mass is 321 g/mol. The third-order valence-electron chi connectivity index (χ3n) is 3.57. The van der Waals surface area contributed by atoms with Crippen LogP contribution in [0.2, 0.25) is 0 Å². The molecule has 0 saturated heterocycles. The van der Waals surface area contributed by atoms with Crippen LogP contribution in [-0.2, 0) is 13.1 Å². The summed E-state index contributed by atoms with van der Waals surface area (Å²) in [6.07, 6.45) is 3.29. The number of rotatable bonds is 6. The van der Waals surface area contributed by atoms with Crippen LogP contribution in [0.3, 0.4) is 0 Å². The number of aromatic nitrogens is 2. The van der Waals surface area contributed by atoms with Crippen LogP contribution < -0.4 is 4.90 Å². The number of nitrogens with zero attached hydrogens (tertiary/aromatic N) is 3. The zero-order valence-electron chi connectivity index (χ0n) is 12.8. The molecular weight excluding hydrogens is 306 g/mol. The molecular formula is C18H15N3O3. The van der Waals surface area contributed by atoms with Crippen molar-refractivity contribution >= 4 is 5.95 Å². The third kappa shape index (κ3) is 3.08. The largest absolute Gasteiger partial charge is 0.467 e. The molecule has 0 aliphatic carbocycles. The molecule has 1 aromatic carbocycles. The first-order valence-corrected chi connectivity index (χ1v) is 7.57. The average Bonchev–Trinajstić information content (AvgIpc) is 3.38. The first kappa shape index (κ1) is 14.3. The van der Waals surface area contributed by atoms with E-state index >= 15 is 0 Å². The highest BCUT2D eigenvalue weighted by Crippen LogP contribution is 2.22. The van der Waals surface area contributed by atoms with E-state index in [4.69, 9.17) is 13.4 Å². The molecule has 3 heterocycles. The number of hydrogen-bond acceptors (Lipinski definition) is 6. The Hall–Kier alpha value is -3.28. The minimum atomic E-state index is 0.481. The van der Waals surface area contributed by atoms with Gasteiger partial charge in [0.2, 0.25) is 0 Å². The summed E-state index contributed by atoms with van der Waals surface area (Å²) in [6, 6.07) is 17.2. The summed E-state index contributed by atoms with van der Waals surface area (Å²) in [5.74, 6) is 2.59. The Bertz CT molecular complexity index is 831. The molecule has 4 aromatic rings. The molecule has 0 spiro atoms. The predicted molar refractivity (Wildman–Crippen MR) is 87.0 cm³/mol. The summed E-state index contributed by atoms with van der Waals surface area (Å²) in [4.78, 5) is 6.44. The van der Waals surface area contributed by atoms with Gasteiger partial charge in [-0.2, -0.15) is 4.98 Å². The Balaban J connectivity index is 1.61. The van der Waals surface area contributed by atoms with Gasteiger partial charge >= 0.3 is 0 Å². The van der Waals surface area contributed by atoms with Crippen molar-refractivity contribution < 1.29 is 13.4 Å². The lowest BCUT2D eigenvalue weighted by atomic mass is 10.2. The molecule has 6 nitrogen and oxygen atoms in total. The van der Waals surface area contributed by atoms with Gasteiger partial charge in [0, 0.05) is 5.56 Å². The van der Waals surface area contributed by atoms with Crippen molar-refractivity contribution in [3.63, 3.8) is 0 Å². The summed E-state index contributed by atoms with van der Waals surface area (Å²) >= 11 is 0. The van der Waals surface area contributed by atoms with Gasteiger partial charge in [0.25, 0.3) is 11.8 Å². The van der Waals surface area contributed by atoms with Crippen LogP contribution in [0.1, 0.15) is 11.5 Å². The van der Waals surface area contributed by atoms with Gasteiger partial charge in [-0.15, -0.1) is 0 Å². The maximum Gasteiger partial charge on any atom is 0.267 e. The van der Waals surface area contributed by atoms with Crippen LogP contribution >= 0.6 is 0 Å². The van der Waals surface area contributed by atoms with Crippen molar-refractivity contribution in [2.75, 3.05) is 4.90 Å². The molecule has 0 N–H and O–H groups in total. The summed E-state index contributed by atoms with van der Waals surface area (Å²) in [5.41, 5.74) is 0.882. The first-order chi connectivity index (χ1) is 11.9. The van der Waals surface area contributed by atoms with Gasteiger partial charge in [0.1, 0.15) is 11.5 Å². The minimum absolute atomic E-state index is 0.481. The molecule has 4 rings (SSSR count). The van der Waals surface area contributed by atoms with E-state index in [0.717, 1.165) is 17.1 Å². The lowest BCUT2D eigenvalue weighted by molar-refractivity contribution is 0.423. The van der Waals surface area contributed by atoms with Crippen LogP contribution in [0.4, 0.5) is 5.95 Å². The van der Waals surface area contributed by atoms with Crippen molar-refractivity contribution in [2.45, 2.75) is 13.1 Å². The second-order valence-corrected chi connectivity index (χ2v) is 5.28. The molecule has 0 saturated carbocycles. The molecule has 6 heteroatoms. The molecule has 0 atom stereocenters. The second kappa shape index (κ2) is 6.45. The maximum absolute atomic E-state index is 5.44. The Morgan fingerprint density at radius 3 is 2.04 bits per heavy atom. The van der Waals surface area contributed by atoms with E-state index in [1.807, 2.05) is 59.5 Å². The number of hydrogen-bond donors (Lipinski definition) is 0. The molecule has 0 bridgehead atoms. The quantitative estimate of drug-likeness (QED) is 0.532. The molecule has 3 aromatic heterocycles. The van der Waals surface area contributed by atoms with Crippen molar-refractivity contribution in [1.29, 1.82) is 0 Å². The summed E-state index contributed by atoms with van der Waals surface area (Å²) in [5, 5.41) is 4.11. The predicted octanol–water partition coefficient (Wildman–Crippen LogP) is 4.13. The van der Waals surface area contributed by atoms with Gasteiger partial charge < -0.3 is 18.3 Å². The van der Waals surface area contributed by atoms with Crippen LogP contribution in [0.15, 0.2) is 80.5 Å². The van der Waals surface area contributed by atoms with Crippen LogP contribution in [0.25, 0.3) is 11.5 Å². The van der Waals surface area contributed by atoms with Crippen LogP contribution in [0.5, 0.6) is 0 Å². The topological polar surface area (TPSA) is 68.4 Å². The molecule has 0 unspecified atom stereocenters. The van der Waals surface area contributed by atoms with E-state index < -0.39 is 0 Å². The highest BCUT2D eigenvalue weighted by molar-refractivity contribution is 5.54. The Morgan fingerprint density at radius 1 is 0.792 bits per heavy atom. The number of benzene rings is 1. The lowest BCUT2D eigenvalue weighted by Crippen LogP contribution is -2.22. The van der Waals surface area contributed by atoms with Gasteiger partial charge in [-0.3, -0.25) is 0 Å². The maximum atomic E-state index is 5.44. The second-order valence-electron chi connectivity index (χ2n) is 5.28. The fraction of sp³-hybridized carbons (Fsp3) is 0.111. The molecule has 0 aliphatic heterocycles. The summed E-state index contributed by atoms with van der Waals surface area (Å²) in [6.45, 7) is 1.03. The molecule has 0 aliphatic rings. The Morgan fingerprint density at radius 2 is 1.46 bits per heavy atom. The van der Waals surface area contributed by atoms with Crippen molar-refractivity contribution in [3.8, 4) is 11.5 Å². The average molecular weight is 321 g/mol. The standard InChI is InChI=1S/C18H15N3O3/c1-2-6-14(7-3-1)17-19-18(20-24-17)21(12-15-8-4-10-22-15)13-16-9-5-11-23-16/h1-11H,12-13H2. The van der Waals surface area contributed by atoms with E-state index in [1.54, 1.807) is 12.5 Å². The van der Waals surface area contributed by atoms with Gasteiger partial charge in [-0.25, -0.2) is 0 Å². The fourth-order valence-corrected chi connectivity index (χ4v) is 2.42. The molecule has 0 amide bonds. The van der Waals surface area contributed by atoms with E-state index in [-0.39, 0.29) is 0 Å². The summed E-state index contributed by atoms with van der Waals surface area (Å²) in [7, 11) is 0. The van der Waals surface area contributed by atoms with E-state index in [9.17, 15) is 0 Å². The Kier molecular flexibility index (Phi) is 3.85. The van der Waals surface area contributed by atoms with Gasteiger partial charge in [0.15, 0.2) is 0 Å². The van der Waals surface area contributed by atoms with E-state index in [2.05, 4.69) is 10.1 Å². The molecule has 120 valence electrons. The fourth-order valence-electron chi connectivity index (χ4n) is 2.42. The normalized spacial score (nSPS) is 10.8. The van der Waals surface area contributed by atoms with E-state index in [1.165, 1.54) is 0 Å². The third-order valence-corrected chi connectivity index (χ3v) is 3.57. The Labute approximate surface area is 138 Å². The first-order valence-electron chi connectivity index (χ1n) is 7.57. The number of furan rings is 2. The van der Waals surface area contributed by atoms with Gasteiger partial charge in [-0.05, 0) is 41.6 Å². The number of anilines is 1. The molecule has 0 radical (unpaired) electrons. The van der Waals surface area contributed by atoms with Gasteiger partial charge in [0.05, 0.1) is 25.6 Å². The highest BCUT2D eigenvalue weighted by Gasteiger charge is 2.18. The minimum Gasteiger partial charge on any atom is -0.467 e. The molecule has 0 fully saturated rings. The van der Waals surface area contributed by atoms with Gasteiger partial charge in [-0.1, -0.05) is 18.2 Å². The zero-order chi connectivity index (χ0) is 16.2.